The molecular weight excluding hydrogens is 344 g/mol. The molecule has 2 aliphatic heterocycles. The number of fused-ring (bicyclic) bond motifs is 1. The Bertz CT molecular complexity index is 683. The van der Waals surface area contributed by atoms with Gasteiger partial charge in [0, 0.05) is 44.1 Å². The summed E-state index contributed by atoms with van der Waals surface area (Å²) in [5.74, 6) is 2.94. The molecule has 5 nitrogen and oxygen atoms in total. The van der Waals surface area contributed by atoms with Gasteiger partial charge in [-0.1, -0.05) is 12.1 Å². The molecule has 0 amide bonds. The minimum Gasteiger partial charge on any atom is -0.487 e. The van der Waals surface area contributed by atoms with Crippen molar-refractivity contribution < 1.29 is 13.2 Å². The summed E-state index contributed by atoms with van der Waals surface area (Å²) in [6.07, 6.45) is 0.914. The van der Waals surface area contributed by atoms with Crippen LogP contribution in [0.1, 0.15) is 25.0 Å². The van der Waals surface area contributed by atoms with E-state index in [1.54, 1.807) is 4.31 Å². The third-order valence-electron chi connectivity index (χ3n) is 4.36. The van der Waals surface area contributed by atoms with Crippen LogP contribution >= 0.6 is 11.8 Å². The second-order valence-corrected chi connectivity index (χ2v) is 10.3. The second-order valence-electron chi connectivity index (χ2n) is 6.98. The lowest BCUT2D eigenvalue weighted by Gasteiger charge is -2.25. The lowest BCUT2D eigenvalue weighted by atomic mass is 10.0. The summed E-state index contributed by atoms with van der Waals surface area (Å²) in [5.41, 5.74) is 2.27. The molecule has 1 N–H and O–H groups in total. The first-order valence-electron chi connectivity index (χ1n) is 8.43. The SMILES string of the molecule is CC1(C)Cc2cc(CNCCS(=O)(=O)N3CCSCC3)ccc2O1. The number of rotatable bonds is 6. The van der Waals surface area contributed by atoms with Crippen molar-refractivity contribution in [2.45, 2.75) is 32.4 Å². The Morgan fingerprint density at radius 2 is 2.04 bits per heavy atom. The minimum absolute atomic E-state index is 0.130. The van der Waals surface area contributed by atoms with Crippen LogP contribution in [0.3, 0.4) is 0 Å². The standard InChI is InChI=1S/C17H26N2O3S2/c1-17(2)12-15-11-14(3-4-16(15)22-17)13-18-5-10-24(20,21)19-6-8-23-9-7-19/h3-4,11,18H,5-10,12-13H2,1-2H3. The lowest BCUT2D eigenvalue weighted by Crippen LogP contribution is -2.41. The third kappa shape index (κ3) is 4.45. The highest BCUT2D eigenvalue weighted by molar-refractivity contribution is 7.99. The summed E-state index contributed by atoms with van der Waals surface area (Å²) in [7, 11) is -3.13. The molecule has 0 spiro atoms. The molecule has 1 saturated heterocycles. The maximum absolute atomic E-state index is 12.3. The van der Waals surface area contributed by atoms with Gasteiger partial charge >= 0.3 is 0 Å². The number of hydrogen-bond acceptors (Lipinski definition) is 5. The van der Waals surface area contributed by atoms with Crippen LogP contribution in [0, 0.1) is 0 Å². The van der Waals surface area contributed by atoms with Gasteiger partial charge in [0.1, 0.15) is 11.4 Å². The predicted octanol–water partition coefficient (Wildman–Crippen LogP) is 1.87. The Balaban J connectivity index is 1.47. The quantitative estimate of drug-likeness (QED) is 0.775. The van der Waals surface area contributed by atoms with E-state index in [2.05, 4.69) is 25.2 Å². The predicted molar refractivity (Wildman–Crippen MR) is 99.2 cm³/mol. The van der Waals surface area contributed by atoms with Crippen molar-refractivity contribution >= 4 is 21.8 Å². The van der Waals surface area contributed by atoms with Gasteiger partial charge in [0.25, 0.3) is 0 Å². The van der Waals surface area contributed by atoms with Gasteiger partial charge in [0.15, 0.2) is 0 Å². The second kappa shape index (κ2) is 7.23. The summed E-state index contributed by atoms with van der Waals surface area (Å²) in [4.78, 5) is 0. The van der Waals surface area contributed by atoms with E-state index in [1.165, 1.54) is 11.1 Å². The van der Waals surface area contributed by atoms with Crippen LogP contribution in [0.15, 0.2) is 18.2 Å². The van der Waals surface area contributed by atoms with Gasteiger partial charge in [-0.2, -0.15) is 11.8 Å². The van der Waals surface area contributed by atoms with Crippen molar-refractivity contribution in [2.75, 3.05) is 36.9 Å². The summed E-state index contributed by atoms with van der Waals surface area (Å²) in [5, 5.41) is 3.26. The molecule has 0 saturated carbocycles. The summed E-state index contributed by atoms with van der Waals surface area (Å²) >= 11 is 1.82. The van der Waals surface area contributed by atoms with Gasteiger partial charge in [-0.3, -0.25) is 0 Å². The van der Waals surface area contributed by atoms with Crippen LogP contribution in [0.4, 0.5) is 0 Å². The first-order valence-corrected chi connectivity index (χ1v) is 11.2. The van der Waals surface area contributed by atoms with Crippen LogP contribution in [-0.2, 0) is 23.0 Å². The van der Waals surface area contributed by atoms with E-state index in [-0.39, 0.29) is 11.4 Å². The van der Waals surface area contributed by atoms with Gasteiger partial charge in [-0.05, 0) is 31.0 Å². The highest BCUT2D eigenvalue weighted by atomic mass is 32.2. The Kier molecular flexibility index (Phi) is 5.44. The van der Waals surface area contributed by atoms with Crippen molar-refractivity contribution in [3.05, 3.63) is 29.3 Å². The van der Waals surface area contributed by atoms with Crippen molar-refractivity contribution in [3.63, 3.8) is 0 Å². The van der Waals surface area contributed by atoms with Gasteiger partial charge in [0.05, 0.1) is 5.75 Å². The van der Waals surface area contributed by atoms with Gasteiger partial charge < -0.3 is 10.1 Å². The Hall–Kier alpha value is -0.760. The van der Waals surface area contributed by atoms with E-state index >= 15 is 0 Å². The molecule has 1 fully saturated rings. The summed E-state index contributed by atoms with van der Waals surface area (Å²) in [6, 6.07) is 6.22. The zero-order chi connectivity index (χ0) is 17.2. The molecule has 0 unspecified atom stereocenters. The van der Waals surface area contributed by atoms with Crippen LogP contribution in [-0.4, -0.2) is 55.2 Å². The summed E-state index contributed by atoms with van der Waals surface area (Å²) < 4.78 is 32.1. The van der Waals surface area contributed by atoms with Crippen molar-refractivity contribution in [1.29, 1.82) is 0 Å². The van der Waals surface area contributed by atoms with Gasteiger partial charge in [0.2, 0.25) is 10.0 Å². The van der Waals surface area contributed by atoms with Crippen molar-refractivity contribution in [2.24, 2.45) is 0 Å². The maximum Gasteiger partial charge on any atom is 0.215 e. The monoisotopic (exact) mass is 370 g/mol. The first kappa shape index (κ1) is 18.0. The number of nitrogens with one attached hydrogen (secondary N) is 1. The molecule has 0 atom stereocenters. The van der Waals surface area contributed by atoms with E-state index in [1.807, 2.05) is 23.9 Å². The number of sulfonamides is 1. The van der Waals surface area contributed by atoms with Gasteiger partial charge in [-0.25, -0.2) is 12.7 Å². The molecular formula is C17H26N2O3S2. The highest BCUT2D eigenvalue weighted by Gasteiger charge is 2.29. The minimum atomic E-state index is -3.13. The molecule has 24 heavy (non-hydrogen) atoms. The normalized spacial score (nSPS) is 20.6. The number of nitrogens with zero attached hydrogens (tertiary/aromatic N) is 1. The maximum atomic E-state index is 12.3. The lowest BCUT2D eigenvalue weighted by molar-refractivity contribution is 0.138. The molecule has 1 aromatic carbocycles. The van der Waals surface area contributed by atoms with E-state index in [0.29, 0.717) is 26.2 Å². The van der Waals surface area contributed by atoms with Crippen LogP contribution in [0.2, 0.25) is 0 Å². The number of thioether (sulfide) groups is 1. The fourth-order valence-electron chi connectivity index (χ4n) is 3.16. The largest absolute Gasteiger partial charge is 0.487 e. The number of ether oxygens (including phenoxy) is 1. The zero-order valence-corrected chi connectivity index (χ0v) is 16.0. The smallest absolute Gasteiger partial charge is 0.215 e. The van der Waals surface area contributed by atoms with Gasteiger partial charge in [-0.15, -0.1) is 0 Å². The molecule has 134 valence electrons. The average molecular weight is 371 g/mol. The molecule has 0 radical (unpaired) electrons. The number of hydrogen-bond donors (Lipinski definition) is 1. The first-order chi connectivity index (χ1) is 11.4. The van der Waals surface area contributed by atoms with Crippen LogP contribution in [0.25, 0.3) is 0 Å². The molecule has 0 bridgehead atoms. The van der Waals surface area contributed by atoms with E-state index in [9.17, 15) is 8.42 Å². The van der Waals surface area contributed by atoms with Crippen LogP contribution < -0.4 is 10.1 Å². The Morgan fingerprint density at radius 3 is 2.79 bits per heavy atom. The molecule has 2 heterocycles. The summed E-state index contributed by atoms with van der Waals surface area (Å²) in [6.45, 7) is 6.63. The molecule has 7 heteroatoms. The Morgan fingerprint density at radius 1 is 1.29 bits per heavy atom. The van der Waals surface area contributed by atoms with Crippen molar-refractivity contribution in [3.8, 4) is 5.75 Å². The molecule has 0 aliphatic carbocycles. The zero-order valence-electron chi connectivity index (χ0n) is 14.4. The third-order valence-corrected chi connectivity index (χ3v) is 7.17. The fourth-order valence-corrected chi connectivity index (χ4v) is 5.69. The molecule has 3 rings (SSSR count). The topological polar surface area (TPSA) is 58.6 Å². The van der Waals surface area contributed by atoms with Crippen LogP contribution in [0.5, 0.6) is 5.75 Å². The average Bonchev–Trinajstić information content (AvgIpc) is 2.85. The molecule has 2 aliphatic rings. The number of benzene rings is 1. The van der Waals surface area contributed by atoms with E-state index in [4.69, 9.17) is 4.74 Å². The van der Waals surface area contributed by atoms with E-state index in [0.717, 1.165) is 23.7 Å². The van der Waals surface area contributed by atoms with E-state index < -0.39 is 10.0 Å². The van der Waals surface area contributed by atoms with Crippen molar-refractivity contribution in [1.82, 2.24) is 9.62 Å². The highest BCUT2D eigenvalue weighted by Crippen LogP contribution is 2.35. The molecule has 0 aromatic heterocycles. The molecule has 1 aromatic rings. The Labute approximate surface area is 149 Å². The fraction of sp³-hybridized carbons (Fsp3) is 0.647.